The molecule has 26 heavy (non-hydrogen) atoms. The standard InChI is InChI=1S/C18H15BrN4O3/c1-12-17(19)18(23(25)26)21-22(12)11-16(24)20-15-9-7-14(8-10-15)13-5-3-2-4-6-13/h2-10H,11H2,1H3,(H,20,24). The Bertz CT molecular complexity index is 953. The zero-order valence-electron chi connectivity index (χ0n) is 13.8. The van der Waals surface area contributed by atoms with Crippen molar-refractivity contribution in [2.24, 2.45) is 0 Å². The van der Waals surface area contributed by atoms with Gasteiger partial charge in [0.2, 0.25) is 5.91 Å². The van der Waals surface area contributed by atoms with Crippen LogP contribution in [0.5, 0.6) is 0 Å². The van der Waals surface area contributed by atoms with E-state index in [-0.39, 0.29) is 22.7 Å². The number of halogens is 1. The van der Waals surface area contributed by atoms with Gasteiger partial charge < -0.3 is 15.4 Å². The minimum absolute atomic E-state index is 0.112. The lowest BCUT2D eigenvalue weighted by molar-refractivity contribution is -0.390. The first kappa shape index (κ1) is 17.8. The van der Waals surface area contributed by atoms with E-state index in [4.69, 9.17) is 0 Å². The number of nitrogens with zero attached hydrogens (tertiary/aromatic N) is 3. The number of nitrogens with one attached hydrogen (secondary N) is 1. The number of rotatable bonds is 5. The molecule has 3 rings (SSSR count). The van der Waals surface area contributed by atoms with Gasteiger partial charge in [0.1, 0.15) is 11.0 Å². The lowest BCUT2D eigenvalue weighted by atomic mass is 10.1. The zero-order valence-corrected chi connectivity index (χ0v) is 15.4. The summed E-state index contributed by atoms with van der Waals surface area (Å²) in [4.78, 5) is 22.5. The summed E-state index contributed by atoms with van der Waals surface area (Å²) in [5.74, 6) is -0.618. The number of nitro groups is 1. The predicted octanol–water partition coefficient (Wildman–Crippen LogP) is 4.17. The molecule has 7 nitrogen and oxygen atoms in total. The zero-order chi connectivity index (χ0) is 18.7. The fourth-order valence-corrected chi connectivity index (χ4v) is 2.92. The highest BCUT2D eigenvalue weighted by atomic mass is 79.9. The Kier molecular flexibility index (Phi) is 5.13. The van der Waals surface area contributed by atoms with Crippen molar-refractivity contribution in [1.82, 2.24) is 9.78 Å². The molecule has 0 radical (unpaired) electrons. The summed E-state index contributed by atoms with van der Waals surface area (Å²) in [6.07, 6.45) is 0. The normalized spacial score (nSPS) is 10.5. The molecule has 3 aromatic rings. The first-order valence-electron chi connectivity index (χ1n) is 7.78. The van der Waals surface area contributed by atoms with Crippen LogP contribution in [0.25, 0.3) is 11.1 Å². The van der Waals surface area contributed by atoms with Crippen LogP contribution in [0.2, 0.25) is 0 Å². The number of aromatic nitrogens is 2. The van der Waals surface area contributed by atoms with Gasteiger partial charge in [-0.2, -0.15) is 4.68 Å². The Labute approximate surface area is 157 Å². The van der Waals surface area contributed by atoms with E-state index in [1.54, 1.807) is 6.92 Å². The van der Waals surface area contributed by atoms with E-state index >= 15 is 0 Å². The lowest BCUT2D eigenvalue weighted by Crippen LogP contribution is -2.20. The Morgan fingerprint density at radius 3 is 2.35 bits per heavy atom. The maximum absolute atomic E-state index is 12.2. The quantitative estimate of drug-likeness (QED) is 0.500. The number of amides is 1. The molecule has 1 amide bonds. The Hall–Kier alpha value is -3.00. The molecule has 8 heteroatoms. The Balaban J connectivity index is 1.69. The molecule has 1 heterocycles. The van der Waals surface area contributed by atoms with Crippen molar-refractivity contribution in [2.45, 2.75) is 13.5 Å². The number of carbonyl (C=O) groups excluding carboxylic acids is 1. The van der Waals surface area contributed by atoms with Crippen molar-refractivity contribution < 1.29 is 9.72 Å². The van der Waals surface area contributed by atoms with Crippen molar-refractivity contribution in [1.29, 1.82) is 0 Å². The molecule has 0 aliphatic carbocycles. The summed E-state index contributed by atoms with van der Waals surface area (Å²) in [6, 6.07) is 17.4. The maximum Gasteiger partial charge on any atom is 0.404 e. The predicted molar refractivity (Wildman–Crippen MR) is 102 cm³/mol. The third kappa shape index (κ3) is 3.80. The highest BCUT2D eigenvalue weighted by Crippen LogP contribution is 2.27. The topological polar surface area (TPSA) is 90.1 Å². The van der Waals surface area contributed by atoms with Crippen LogP contribution in [0.1, 0.15) is 5.69 Å². The lowest BCUT2D eigenvalue weighted by Gasteiger charge is -2.06. The Morgan fingerprint density at radius 2 is 1.77 bits per heavy atom. The molecule has 0 unspecified atom stereocenters. The van der Waals surface area contributed by atoms with Crippen molar-refractivity contribution in [3.8, 4) is 11.1 Å². The third-order valence-electron chi connectivity index (χ3n) is 3.86. The first-order valence-corrected chi connectivity index (χ1v) is 8.57. The highest BCUT2D eigenvalue weighted by Gasteiger charge is 2.24. The molecular formula is C18H15BrN4O3. The van der Waals surface area contributed by atoms with Crippen LogP contribution in [0.15, 0.2) is 59.1 Å². The van der Waals surface area contributed by atoms with E-state index in [2.05, 4.69) is 26.3 Å². The molecule has 1 N–H and O–H groups in total. The number of benzene rings is 2. The molecule has 0 saturated carbocycles. The second kappa shape index (κ2) is 7.49. The van der Waals surface area contributed by atoms with Crippen LogP contribution in [0, 0.1) is 17.0 Å². The monoisotopic (exact) mass is 414 g/mol. The minimum atomic E-state index is -0.589. The van der Waals surface area contributed by atoms with Gasteiger partial charge in [0, 0.05) is 5.69 Å². The smallest absolute Gasteiger partial charge is 0.358 e. The molecule has 0 atom stereocenters. The van der Waals surface area contributed by atoms with Crippen molar-refractivity contribution >= 4 is 33.3 Å². The second-order valence-electron chi connectivity index (χ2n) is 5.63. The van der Waals surface area contributed by atoms with Gasteiger partial charge in [0.25, 0.3) is 0 Å². The van der Waals surface area contributed by atoms with Crippen LogP contribution in [0.4, 0.5) is 11.5 Å². The van der Waals surface area contributed by atoms with E-state index in [9.17, 15) is 14.9 Å². The van der Waals surface area contributed by atoms with Gasteiger partial charge in [-0.15, -0.1) is 0 Å². The molecule has 0 bridgehead atoms. The van der Waals surface area contributed by atoms with Crippen molar-refractivity contribution in [3.63, 3.8) is 0 Å². The summed E-state index contributed by atoms with van der Waals surface area (Å²) in [5, 5.41) is 17.5. The fourth-order valence-electron chi connectivity index (χ4n) is 2.49. The molecule has 132 valence electrons. The molecule has 2 aromatic carbocycles. The third-order valence-corrected chi connectivity index (χ3v) is 4.79. The van der Waals surface area contributed by atoms with E-state index < -0.39 is 4.92 Å². The molecule has 0 spiro atoms. The van der Waals surface area contributed by atoms with Gasteiger partial charge in [-0.3, -0.25) is 4.79 Å². The largest absolute Gasteiger partial charge is 0.404 e. The van der Waals surface area contributed by atoms with Gasteiger partial charge in [-0.05, 0) is 51.0 Å². The summed E-state index contributed by atoms with van der Waals surface area (Å²) in [5.41, 5.74) is 3.31. The second-order valence-corrected chi connectivity index (χ2v) is 6.42. The van der Waals surface area contributed by atoms with E-state index in [1.807, 2.05) is 54.6 Å². The minimum Gasteiger partial charge on any atom is -0.358 e. The maximum atomic E-state index is 12.2. The van der Waals surface area contributed by atoms with E-state index in [0.29, 0.717) is 11.4 Å². The molecule has 0 aliphatic heterocycles. The summed E-state index contributed by atoms with van der Waals surface area (Å²) in [6.45, 7) is 1.55. The van der Waals surface area contributed by atoms with E-state index in [0.717, 1.165) is 11.1 Å². The van der Waals surface area contributed by atoms with Crippen LogP contribution < -0.4 is 5.32 Å². The summed E-state index contributed by atoms with van der Waals surface area (Å²) < 4.78 is 1.58. The van der Waals surface area contributed by atoms with E-state index in [1.165, 1.54) is 4.68 Å². The van der Waals surface area contributed by atoms with Crippen LogP contribution >= 0.6 is 15.9 Å². The SMILES string of the molecule is Cc1c(Br)c([N+](=O)[O-])nn1CC(=O)Nc1ccc(-c2ccccc2)cc1. The molecule has 1 aromatic heterocycles. The molecule has 0 fully saturated rings. The van der Waals surface area contributed by atoms with Crippen molar-refractivity contribution in [2.75, 3.05) is 5.32 Å². The average Bonchev–Trinajstić information content (AvgIpc) is 2.91. The number of hydrogen-bond acceptors (Lipinski definition) is 4. The van der Waals surface area contributed by atoms with Gasteiger partial charge in [0.15, 0.2) is 0 Å². The molecule has 0 aliphatic rings. The summed E-state index contributed by atoms with van der Waals surface area (Å²) in [7, 11) is 0. The Morgan fingerprint density at radius 1 is 1.15 bits per heavy atom. The number of hydrogen-bond donors (Lipinski definition) is 1. The molecule has 0 saturated heterocycles. The summed E-state index contributed by atoms with van der Waals surface area (Å²) >= 11 is 3.13. The number of carbonyl (C=O) groups is 1. The van der Waals surface area contributed by atoms with Crippen LogP contribution in [-0.4, -0.2) is 20.6 Å². The first-order chi connectivity index (χ1) is 12.5. The van der Waals surface area contributed by atoms with Gasteiger partial charge >= 0.3 is 5.82 Å². The fraction of sp³-hybridized carbons (Fsp3) is 0.111. The van der Waals surface area contributed by atoms with Gasteiger partial charge in [-0.25, -0.2) is 0 Å². The van der Waals surface area contributed by atoms with Gasteiger partial charge in [0.05, 0.1) is 10.8 Å². The average molecular weight is 415 g/mol. The molecular weight excluding hydrogens is 400 g/mol. The highest BCUT2D eigenvalue weighted by molar-refractivity contribution is 9.10. The van der Waals surface area contributed by atoms with Gasteiger partial charge in [-0.1, -0.05) is 42.5 Å². The number of anilines is 1. The van der Waals surface area contributed by atoms with Crippen LogP contribution in [0.3, 0.4) is 0 Å². The van der Waals surface area contributed by atoms with Crippen LogP contribution in [-0.2, 0) is 11.3 Å². The van der Waals surface area contributed by atoms with Crippen molar-refractivity contribution in [3.05, 3.63) is 74.9 Å².